The number of carbonyl (C=O) groups is 3. The SMILES string of the molecule is Cc1cc(F)c(NC(=O)NC(=O)COCC(=O)O)cc1F. The van der Waals surface area contributed by atoms with E-state index < -0.39 is 48.4 Å². The average Bonchev–Trinajstić information content (AvgIpc) is 2.35. The van der Waals surface area contributed by atoms with Gasteiger partial charge in [0, 0.05) is 6.07 Å². The van der Waals surface area contributed by atoms with E-state index in [0.717, 1.165) is 12.1 Å². The van der Waals surface area contributed by atoms with Gasteiger partial charge in [-0.2, -0.15) is 0 Å². The first-order valence-corrected chi connectivity index (χ1v) is 5.65. The van der Waals surface area contributed by atoms with Gasteiger partial charge in [0.1, 0.15) is 24.8 Å². The first kappa shape index (κ1) is 16.5. The zero-order valence-corrected chi connectivity index (χ0v) is 10.9. The molecule has 0 aliphatic heterocycles. The van der Waals surface area contributed by atoms with E-state index in [4.69, 9.17) is 5.11 Å². The normalized spacial score (nSPS) is 10.0. The largest absolute Gasteiger partial charge is 0.480 e. The van der Waals surface area contributed by atoms with Crippen molar-refractivity contribution in [1.29, 1.82) is 0 Å². The van der Waals surface area contributed by atoms with Crippen molar-refractivity contribution in [3.63, 3.8) is 0 Å². The molecule has 0 saturated carbocycles. The van der Waals surface area contributed by atoms with E-state index in [9.17, 15) is 23.2 Å². The highest BCUT2D eigenvalue weighted by atomic mass is 19.1. The lowest BCUT2D eigenvalue weighted by atomic mass is 10.2. The fraction of sp³-hybridized carbons (Fsp3) is 0.250. The number of anilines is 1. The Kier molecular flexibility index (Phi) is 5.73. The van der Waals surface area contributed by atoms with E-state index in [1.807, 2.05) is 5.32 Å². The quantitative estimate of drug-likeness (QED) is 0.753. The summed E-state index contributed by atoms with van der Waals surface area (Å²) in [6.45, 7) is -0.0110. The molecule has 21 heavy (non-hydrogen) atoms. The molecule has 0 aliphatic carbocycles. The maximum Gasteiger partial charge on any atom is 0.329 e. The summed E-state index contributed by atoms with van der Waals surface area (Å²) in [5.74, 6) is -3.78. The summed E-state index contributed by atoms with van der Waals surface area (Å²) >= 11 is 0. The minimum atomic E-state index is -1.27. The molecular formula is C12H12F2N2O5. The zero-order valence-electron chi connectivity index (χ0n) is 10.9. The van der Waals surface area contributed by atoms with Gasteiger partial charge in [0.25, 0.3) is 5.91 Å². The van der Waals surface area contributed by atoms with Gasteiger partial charge in [0.15, 0.2) is 0 Å². The van der Waals surface area contributed by atoms with Crippen molar-refractivity contribution in [3.8, 4) is 0 Å². The summed E-state index contributed by atoms with van der Waals surface area (Å²) in [6.07, 6.45) is 0. The highest BCUT2D eigenvalue weighted by molar-refractivity contribution is 6.01. The van der Waals surface area contributed by atoms with Crippen molar-refractivity contribution < 1.29 is 33.0 Å². The molecule has 1 aromatic carbocycles. The number of rotatable bonds is 5. The number of carbonyl (C=O) groups excluding carboxylic acids is 2. The number of benzene rings is 1. The Labute approximate surface area is 117 Å². The number of hydrogen-bond donors (Lipinski definition) is 3. The predicted molar refractivity (Wildman–Crippen MR) is 66.7 cm³/mol. The van der Waals surface area contributed by atoms with Crippen molar-refractivity contribution in [1.82, 2.24) is 5.32 Å². The first-order chi connectivity index (χ1) is 9.79. The number of hydrogen-bond acceptors (Lipinski definition) is 4. The fourth-order valence-corrected chi connectivity index (χ4v) is 1.29. The molecule has 0 aromatic heterocycles. The Bertz CT molecular complexity index is 577. The van der Waals surface area contributed by atoms with Crippen LogP contribution in [0.25, 0.3) is 0 Å². The monoisotopic (exact) mass is 302 g/mol. The number of halogens is 2. The summed E-state index contributed by atoms with van der Waals surface area (Å²) in [5, 5.41) is 12.0. The molecule has 7 nitrogen and oxygen atoms in total. The van der Waals surface area contributed by atoms with Crippen LogP contribution in [0.5, 0.6) is 0 Å². The van der Waals surface area contributed by atoms with E-state index >= 15 is 0 Å². The third-order valence-corrected chi connectivity index (χ3v) is 2.21. The summed E-state index contributed by atoms with van der Waals surface area (Å²) in [4.78, 5) is 32.7. The maximum atomic E-state index is 13.4. The smallest absolute Gasteiger partial charge is 0.329 e. The minimum absolute atomic E-state index is 0.0663. The molecule has 0 heterocycles. The Morgan fingerprint density at radius 2 is 1.86 bits per heavy atom. The molecule has 0 spiro atoms. The minimum Gasteiger partial charge on any atom is -0.480 e. The second-order valence-corrected chi connectivity index (χ2v) is 3.97. The van der Waals surface area contributed by atoms with Crippen LogP contribution < -0.4 is 10.6 Å². The summed E-state index contributed by atoms with van der Waals surface area (Å²) in [7, 11) is 0. The van der Waals surface area contributed by atoms with Crippen LogP contribution in [0.1, 0.15) is 5.56 Å². The molecule has 0 unspecified atom stereocenters. The number of amides is 3. The predicted octanol–water partition coefficient (Wildman–Crippen LogP) is 1.02. The van der Waals surface area contributed by atoms with Gasteiger partial charge in [-0.3, -0.25) is 10.1 Å². The van der Waals surface area contributed by atoms with Crippen LogP contribution in [0, 0.1) is 18.6 Å². The van der Waals surface area contributed by atoms with Crippen molar-refractivity contribution in [2.24, 2.45) is 0 Å². The molecule has 9 heteroatoms. The van der Waals surface area contributed by atoms with Gasteiger partial charge in [-0.25, -0.2) is 18.4 Å². The van der Waals surface area contributed by atoms with Crippen LogP contribution in [-0.4, -0.2) is 36.2 Å². The van der Waals surface area contributed by atoms with E-state index in [2.05, 4.69) is 4.74 Å². The van der Waals surface area contributed by atoms with Crippen molar-refractivity contribution >= 4 is 23.6 Å². The molecule has 0 radical (unpaired) electrons. The van der Waals surface area contributed by atoms with Crippen LogP contribution in [0.15, 0.2) is 12.1 Å². The van der Waals surface area contributed by atoms with Crippen molar-refractivity contribution in [2.75, 3.05) is 18.5 Å². The number of carboxylic acid groups (broad SMARTS) is 1. The summed E-state index contributed by atoms with van der Waals surface area (Å²) in [5.41, 5.74) is -0.369. The second kappa shape index (κ2) is 7.29. The van der Waals surface area contributed by atoms with Gasteiger partial charge in [-0.15, -0.1) is 0 Å². The highest BCUT2D eigenvalue weighted by Crippen LogP contribution is 2.18. The third kappa shape index (κ3) is 5.53. The van der Waals surface area contributed by atoms with E-state index in [1.165, 1.54) is 6.92 Å². The molecule has 3 amide bonds. The van der Waals surface area contributed by atoms with E-state index in [0.29, 0.717) is 0 Å². The molecule has 0 atom stereocenters. The second-order valence-electron chi connectivity index (χ2n) is 3.97. The molecule has 0 aliphatic rings. The van der Waals surface area contributed by atoms with Crippen LogP contribution in [-0.2, 0) is 14.3 Å². The van der Waals surface area contributed by atoms with Crippen molar-refractivity contribution in [3.05, 3.63) is 29.3 Å². The number of urea groups is 1. The lowest BCUT2D eigenvalue weighted by Gasteiger charge is -2.08. The molecule has 114 valence electrons. The molecule has 0 bridgehead atoms. The Morgan fingerprint density at radius 3 is 2.48 bits per heavy atom. The molecule has 0 fully saturated rings. The van der Waals surface area contributed by atoms with Gasteiger partial charge in [-0.05, 0) is 18.6 Å². The summed E-state index contributed by atoms with van der Waals surface area (Å²) < 4.78 is 31.1. The van der Waals surface area contributed by atoms with Crippen LogP contribution in [0.2, 0.25) is 0 Å². The number of ether oxygens (including phenoxy) is 1. The van der Waals surface area contributed by atoms with Crippen LogP contribution in [0.4, 0.5) is 19.3 Å². The molecule has 0 saturated heterocycles. The third-order valence-electron chi connectivity index (χ3n) is 2.21. The zero-order chi connectivity index (χ0) is 16.0. The number of carboxylic acids is 1. The van der Waals surface area contributed by atoms with E-state index in [1.54, 1.807) is 5.32 Å². The first-order valence-electron chi connectivity index (χ1n) is 5.65. The number of aryl methyl sites for hydroxylation is 1. The van der Waals surface area contributed by atoms with Crippen molar-refractivity contribution in [2.45, 2.75) is 6.92 Å². The standard InChI is InChI=1S/C12H12F2N2O5/c1-6-2-8(14)9(3-7(6)13)15-12(20)16-10(17)4-21-5-11(18)19/h2-3H,4-5H2,1H3,(H,18,19)(H2,15,16,17,20). The van der Waals surface area contributed by atoms with Gasteiger partial charge in [0.2, 0.25) is 0 Å². The Balaban J connectivity index is 2.52. The van der Waals surface area contributed by atoms with E-state index in [-0.39, 0.29) is 5.56 Å². The number of nitrogens with one attached hydrogen (secondary N) is 2. The van der Waals surface area contributed by atoms with Gasteiger partial charge < -0.3 is 15.2 Å². The lowest BCUT2D eigenvalue weighted by molar-refractivity contribution is -0.143. The average molecular weight is 302 g/mol. The number of imide groups is 1. The maximum absolute atomic E-state index is 13.4. The fourth-order valence-electron chi connectivity index (χ4n) is 1.29. The molecule has 1 aromatic rings. The highest BCUT2D eigenvalue weighted by Gasteiger charge is 2.13. The molecule has 3 N–H and O–H groups in total. The molecular weight excluding hydrogens is 290 g/mol. The number of aliphatic carboxylic acids is 1. The van der Waals surface area contributed by atoms with Gasteiger partial charge in [0.05, 0.1) is 5.69 Å². The van der Waals surface area contributed by atoms with Gasteiger partial charge in [-0.1, -0.05) is 0 Å². The molecule has 1 rings (SSSR count). The topological polar surface area (TPSA) is 105 Å². The summed E-state index contributed by atoms with van der Waals surface area (Å²) in [6, 6.07) is 0.569. The lowest BCUT2D eigenvalue weighted by Crippen LogP contribution is -2.37. The Morgan fingerprint density at radius 1 is 1.19 bits per heavy atom. The van der Waals surface area contributed by atoms with Crippen LogP contribution >= 0.6 is 0 Å². The van der Waals surface area contributed by atoms with Crippen LogP contribution in [0.3, 0.4) is 0 Å². The Hall–Kier alpha value is -2.55. The van der Waals surface area contributed by atoms with Gasteiger partial charge >= 0.3 is 12.0 Å².